The lowest BCUT2D eigenvalue weighted by molar-refractivity contribution is -0.0464. The molecule has 142 valence electrons. The molecule has 1 saturated heterocycles. The van der Waals surface area contributed by atoms with Crippen molar-refractivity contribution in [2.75, 3.05) is 19.7 Å². The fraction of sp³-hybridized carbons (Fsp3) is 0.300. The third kappa shape index (κ3) is 4.51. The number of hydrogen-bond acceptors (Lipinski definition) is 5. The lowest BCUT2D eigenvalue weighted by Gasteiger charge is -2.26. The summed E-state index contributed by atoms with van der Waals surface area (Å²) in [6, 6.07) is 17.3. The van der Waals surface area contributed by atoms with Crippen LogP contribution in [0.4, 0.5) is 0 Å². The highest BCUT2D eigenvalue weighted by Gasteiger charge is 2.48. The third-order valence-corrected chi connectivity index (χ3v) is 4.54. The Morgan fingerprint density at radius 1 is 0.963 bits per heavy atom. The molecule has 0 unspecified atom stereocenters. The predicted octanol–water partition coefficient (Wildman–Crippen LogP) is 0.337. The van der Waals surface area contributed by atoms with Gasteiger partial charge in [-0.05, 0) is 24.3 Å². The Labute approximate surface area is 157 Å². The van der Waals surface area contributed by atoms with Gasteiger partial charge in [-0.25, -0.2) is 0 Å². The molecule has 1 fully saturated rings. The predicted molar refractivity (Wildman–Crippen MR) is 98.2 cm³/mol. The molecular weight excluding hydrogens is 348 g/mol. The maximum Gasteiger partial charge on any atom is 0.251 e. The Kier molecular flexibility index (Phi) is 5.85. The first-order valence-corrected chi connectivity index (χ1v) is 8.68. The summed E-state index contributed by atoms with van der Waals surface area (Å²) in [5, 5.41) is 26.3. The fourth-order valence-corrected chi connectivity index (χ4v) is 2.91. The van der Waals surface area contributed by atoms with Gasteiger partial charge in [-0.2, -0.15) is 0 Å². The molecule has 3 atom stereocenters. The first-order chi connectivity index (χ1) is 13.0. The number of carbonyl (C=O) groups is 2. The Balaban J connectivity index is 1.51. The summed E-state index contributed by atoms with van der Waals surface area (Å²) in [7, 11) is 0. The second kappa shape index (κ2) is 8.30. The van der Waals surface area contributed by atoms with Crippen LogP contribution in [0.25, 0.3) is 0 Å². The second-order valence-electron chi connectivity index (χ2n) is 6.52. The number of carbonyl (C=O) groups excluding carboxylic acids is 2. The molecule has 1 aliphatic rings. The van der Waals surface area contributed by atoms with Crippen molar-refractivity contribution >= 4 is 11.8 Å². The number of aliphatic hydroxyl groups excluding tert-OH is 1. The van der Waals surface area contributed by atoms with E-state index in [9.17, 15) is 19.8 Å². The highest BCUT2D eigenvalue weighted by Crippen LogP contribution is 2.24. The molecule has 7 nitrogen and oxygen atoms in total. The molecule has 2 aromatic carbocycles. The SMILES string of the molecule is O=C(NC[C@@H]1OC[C@@](O)(CNC(=O)c2ccccc2)[C@@H]1O)c1ccccc1. The van der Waals surface area contributed by atoms with Gasteiger partial charge in [0.2, 0.25) is 0 Å². The zero-order chi connectivity index (χ0) is 19.3. The largest absolute Gasteiger partial charge is 0.387 e. The van der Waals surface area contributed by atoms with E-state index in [1.54, 1.807) is 54.6 Å². The van der Waals surface area contributed by atoms with E-state index in [0.29, 0.717) is 11.1 Å². The normalized spacial score (nSPS) is 24.4. The molecule has 2 aromatic rings. The van der Waals surface area contributed by atoms with Crippen molar-refractivity contribution in [1.29, 1.82) is 0 Å². The summed E-state index contributed by atoms with van der Waals surface area (Å²) in [4.78, 5) is 24.2. The van der Waals surface area contributed by atoms with Crippen LogP contribution in [0.2, 0.25) is 0 Å². The van der Waals surface area contributed by atoms with Crippen LogP contribution < -0.4 is 10.6 Å². The van der Waals surface area contributed by atoms with Gasteiger partial charge in [-0.3, -0.25) is 9.59 Å². The van der Waals surface area contributed by atoms with Crippen molar-refractivity contribution in [2.45, 2.75) is 17.8 Å². The van der Waals surface area contributed by atoms with Gasteiger partial charge >= 0.3 is 0 Å². The quantitative estimate of drug-likeness (QED) is 0.586. The molecule has 0 bridgehead atoms. The van der Waals surface area contributed by atoms with Crippen LogP contribution in [0.3, 0.4) is 0 Å². The Bertz CT molecular complexity index is 783. The lowest BCUT2D eigenvalue weighted by atomic mass is 9.96. The van der Waals surface area contributed by atoms with Crippen LogP contribution in [0.15, 0.2) is 60.7 Å². The Morgan fingerprint density at radius 2 is 1.48 bits per heavy atom. The van der Waals surface area contributed by atoms with Crippen LogP contribution in [0.1, 0.15) is 20.7 Å². The molecule has 1 heterocycles. The van der Waals surface area contributed by atoms with Gasteiger partial charge < -0.3 is 25.6 Å². The monoisotopic (exact) mass is 370 g/mol. The minimum Gasteiger partial charge on any atom is -0.387 e. The molecule has 27 heavy (non-hydrogen) atoms. The summed E-state index contributed by atoms with van der Waals surface area (Å²) in [5.74, 6) is -0.642. The van der Waals surface area contributed by atoms with E-state index < -0.39 is 17.8 Å². The maximum atomic E-state index is 12.1. The van der Waals surface area contributed by atoms with Crippen molar-refractivity contribution < 1.29 is 24.5 Å². The van der Waals surface area contributed by atoms with Gasteiger partial charge in [0.05, 0.1) is 13.2 Å². The number of ether oxygens (including phenoxy) is 1. The minimum atomic E-state index is -1.62. The average molecular weight is 370 g/mol. The summed E-state index contributed by atoms with van der Waals surface area (Å²) in [6.45, 7) is -0.260. The highest BCUT2D eigenvalue weighted by atomic mass is 16.5. The summed E-state index contributed by atoms with van der Waals surface area (Å²) in [5.41, 5.74) is -0.663. The summed E-state index contributed by atoms with van der Waals surface area (Å²) < 4.78 is 5.44. The molecule has 0 radical (unpaired) electrons. The second-order valence-corrected chi connectivity index (χ2v) is 6.52. The van der Waals surface area contributed by atoms with Gasteiger partial charge in [0.25, 0.3) is 11.8 Å². The van der Waals surface area contributed by atoms with E-state index in [1.165, 1.54) is 0 Å². The smallest absolute Gasteiger partial charge is 0.251 e. The minimum absolute atomic E-state index is 0.0455. The van der Waals surface area contributed by atoms with Crippen molar-refractivity contribution in [3.63, 3.8) is 0 Å². The molecule has 3 rings (SSSR count). The molecular formula is C20H22N2O5. The van der Waals surface area contributed by atoms with Crippen molar-refractivity contribution in [1.82, 2.24) is 10.6 Å². The number of rotatable bonds is 6. The van der Waals surface area contributed by atoms with E-state index in [4.69, 9.17) is 4.74 Å². The lowest BCUT2D eigenvalue weighted by Crippen LogP contribution is -2.53. The average Bonchev–Trinajstić information content (AvgIpc) is 3.00. The zero-order valence-corrected chi connectivity index (χ0v) is 14.7. The van der Waals surface area contributed by atoms with Gasteiger partial charge in [0, 0.05) is 17.7 Å². The first-order valence-electron chi connectivity index (χ1n) is 8.68. The van der Waals surface area contributed by atoms with Crippen LogP contribution in [-0.2, 0) is 4.74 Å². The van der Waals surface area contributed by atoms with Crippen LogP contribution in [0, 0.1) is 0 Å². The van der Waals surface area contributed by atoms with Gasteiger partial charge in [-0.15, -0.1) is 0 Å². The molecule has 7 heteroatoms. The van der Waals surface area contributed by atoms with Crippen molar-refractivity contribution in [3.05, 3.63) is 71.8 Å². The van der Waals surface area contributed by atoms with Crippen LogP contribution >= 0.6 is 0 Å². The van der Waals surface area contributed by atoms with Crippen molar-refractivity contribution in [2.24, 2.45) is 0 Å². The topological polar surface area (TPSA) is 108 Å². The number of hydrogen-bond donors (Lipinski definition) is 4. The molecule has 0 spiro atoms. The molecule has 1 aliphatic heterocycles. The number of amides is 2. The van der Waals surface area contributed by atoms with Gasteiger partial charge in [0.15, 0.2) is 0 Å². The van der Waals surface area contributed by atoms with Crippen LogP contribution in [-0.4, -0.2) is 59.5 Å². The number of aliphatic hydroxyl groups is 2. The molecule has 0 saturated carbocycles. The molecule has 4 N–H and O–H groups in total. The summed E-state index contributed by atoms with van der Waals surface area (Å²) in [6.07, 6.45) is -2.01. The Morgan fingerprint density at radius 3 is 2.04 bits per heavy atom. The highest BCUT2D eigenvalue weighted by molar-refractivity contribution is 5.94. The van der Waals surface area contributed by atoms with Crippen molar-refractivity contribution in [3.8, 4) is 0 Å². The maximum absolute atomic E-state index is 12.1. The van der Waals surface area contributed by atoms with E-state index in [0.717, 1.165) is 0 Å². The fourth-order valence-electron chi connectivity index (χ4n) is 2.91. The standard InChI is InChI=1S/C20H22N2O5/c23-17-16(11-21-18(24)14-7-3-1-4-8-14)27-13-20(17,26)12-22-19(25)15-9-5-2-6-10-15/h1-10,16-17,23,26H,11-13H2,(H,21,24)(H,22,25)/t16-,17+,20-/m0/s1. The van der Waals surface area contributed by atoms with Gasteiger partial charge in [-0.1, -0.05) is 36.4 Å². The van der Waals surface area contributed by atoms with E-state index in [1.807, 2.05) is 6.07 Å². The van der Waals surface area contributed by atoms with E-state index in [-0.39, 0.29) is 31.5 Å². The summed E-state index contributed by atoms with van der Waals surface area (Å²) >= 11 is 0. The first kappa shape index (κ1) is 19.0. The molecule has 0 aliphatic carbocycles. The Hall–Kier alpha value is -2.74. The zero-order valence-electron chi connectivity index (χ0n) is 14.7. The number of nitrogens with one attached hydrogen (secondary N) is 2. The van der Waals surface area contributed by atoms with E-state index >= 15 is 0 Å². The molecule has 2 amide bonds. The molecule has 0 aromatic heterocycles. The third-order valence-electron chi connectivity index (χ3n) is 4.54. The number of benzene rings is 2. The van der Waals surface area contributed by atoms with E-state index in [2.05, 4.69) is 10.6 Å². The van der Waals surface area contributed by atoms with Crippen LogP contribution in [0.5, 0.6) is 0 Å². The van der Waals surface area contributed by atoms with Gasteiger partial charge in [0.1, 0.15) is 17.8 Å².